The molecule has 0 aliphatic heterocycles. The summed E-state index contributed by atoms with van der Waals surface area (Å²) < 4.78 is 5.28. The Bertz CT molecular complexity index is 397. The molecule has 4 heteroatoms. The molecule has 2 aromatic heterocycles. The number of rotatable bonds is 5. The molecule has 16 heavy (non-hydrogen) atoms. The van der Waals surface area contributed by atoms with Crippen molar-refractivity contribution in [2.75, 3.05) is 6.61 Å². The van der Waals surface area contributed by atoms with Crippen LogP contribution in [-0.4, -0.2) is 11.7 Å². The lowest BCUT2D eigenvalue weighted by Crippen LogP contribution is -2.26. The Morgan fingerprint density at radius 3 is 2.94 bits per heavy atom. The van der Waals surface area contributed by atoms with Gasteiger partial charge in [0.15, 0.2) is 0 Å². The van der Waals surface area contributed by atoms with Gasteiger partial charge in [0.1, 0.15) is 5.76 Å². The van der Waals surface area contributed by atoms with E-state index in [-0.39, 0.29) is 18.7 Å². The van der Waals surface area contributed by atoms with E-state index in [0.717, 1.165) is 5.76 Å². The summed E-state index contributed by atoms with van der Waals surface area (Å²) in [7, 11) is 0. The first-order chi connectivity index (χ1) is 7.81. The zero-order chi connectivity index (χ0) is 11.4. The quantitative estimate of drug-likeness (QED) is 0.840. The molecule has 0 spiro atoms. The maximum Gasteiger partial charge on any atom is 0.123 e. The van der Waals surface area contributed by atoms with Gasteiger partial charge in [-0.1, -0.05) is 0 Å². The van der Waals surface area contributed by atoms with Crippen LogP contribution in [0.25, 0.3) is 0 Å². The topological polar surface area (TPSA) is 45.4 Å². The van der Waals surface area contributed by atoms with E-state index in [2.05, 4.69) is 23.7 Å². The zero-order valence-electron chi connectivity index (χ0n) is 9.09. The molecule has 0 bridgehead atoms. The summed E-state index contributed by atoms with van der Waals surface area (Å²) in [5.41, 5.74) is 1.23. The monoisotopic (exact) mass is 237 g/mol. The Morgan fingerprint density at radius 1 is 1.50 bits per heavy atom. The van der Waals surface area contributed by atoms with Gasteiger partial charge in [-0.05, 0) is 41.4 Å². The van der Waals surface area contributed by atoms with Crippen LogP contribution in [0, 0.1) is 0 Å². The van der Waals surface area contributed by atoms with E-state index in [1.165, 1.54) is 5.56 Å². The average Bonchev–Trinajstić information content (AvgIpc) is 2.96. The minimum atomic E-state index is -0.148. The fourth-order valence-corrected chi connectivity index (χ4v) is 2.39. The lowest BCUT2D eigenvalue weighted by Gasteiger charge is -2.19. The summed E-state index contributed by atoms with van der Waals surface area (Å²) in [6.07, 6.45) is 1.62. The van der Waals surface area contributed by atoms with E-state index < -0.39 is 0 Å². The second kappa shape index (κ2) is 5.30. The first-order valence-corrected chi connectivity index (χ1v) is 6.18. The molecule has 0 saturated heterocycles. The molecule has 2 rings (SSSR count). The average molecular weight is 237 g/mol. The first-order valence-electron chi connectivity index (χ1n) is 5.23. The van der Waals surface area contributed by atoms with Gasteiger partial charge in [-0.25, -0.2) is 0 Å². The minimum Gasteiger partial charge on any atom is -0.468 e. The van der Waals surface area contributed by atoms with Gasteiger partial charge in [-0.2, -0.15) is 11.3 Å². The van der Waals surface area contributed by atoms with Crippen LogP contribution in [0.2, 0.25) is 0 Å². The van der Waals surface area contributed by atoms with E-state index in [1.807, 2.05) is 17.5 Å². The zero-order valence-corrected chi connectivity index (χ0v) is 9.91. The molecule has 2 unspecified atom stereocenters. The maximum atomic E-state index is 9.32. The number of thiophene rings is 1. The number of hydrogen-bond acceptors (Lipinski definition) is 4. The predicted octanol–water partition coefficient (Wildman–Crippen LogP) is 2.73. The molecule has 0 fully saturated rings. The van der Waals surface area contributed by atoms with Crippen LogP contribution in [0.15, 0.2) is 39.6 Å². The third-order valence-electron chi connectivity index (χ3n) is 2.56. The fraction of sp³-hybridized carbons (Fsp3) is 0.333. The van der Waals surface area contributed by atoms with Crippen LogP contribution in [-0.2, 0) is 0 Å². The van der Waals surface area contributed by atoms with E-state index in [9.17, 15) is 5.11 Å². The maximum absolute atomic E-state index is 9.32. The second-order valence-corrected chi connectivity index (χ2v) is 4.48. The van der Waals surface area contributed by atoms with Crippen LogP contribution in [0.4, 0.5) is 0 Å². The molecule has 0 aliphatic rings. The minimum absolute atomic E-state index is 0.0298. The Morgan fingerprint density at radius 2 is 2.38 bits per heavy atom. The summed E-state index contributed by atoms with van der Waals surface area (Å²) in [6.45, 7) is 2.11. The molecule has 86 valence electrons. The van der Waals surface area contributed by atoms with Crippen molar-refractivity contribution in [3.05, 3.63) is 46.5 Å². The molecule has 0 aromatic carbocycles. The highest BCUT2D eigenvalue weighted by molar-refractivity contribution is 7.07. The molecule has 2 aromatic rings. The molecule has 0 amide bonds. The fourth-order valence-electron chi connectivity index (χ4n) is 1.63. The van der Waals surface area contributed by atoms with Crippen molar-refractivity contribution in [3.8, 4) is 0 Å². The van der Waals surface area contributed by atoms with Crippen LogP contribution in [0.5, 0.6) is 0 Å². The second-order valence-electron chi connectivity index (χ2n) is 3.70. The smallest absolute Gasteiger partial charge is 0.123 e. The molecule has 2 heterocycles. The van der Waals surface area contributed by atoms with Crippen LogP contribution in [0.1, 0.15) is 30.3 Å². The molecule has 2 N–H and O–H groups in total. The summed E-state index contributed by atoms with van der Waals surface area (Å²) in [5.74, 6) is 0.768. The highest BCUT2D eigenvalue weighted by Gasteiger charge is 2.16. The van der Waals surface area contributed by atoms with E-state index >= 15 is 0 Å². The van der Waals surface area contributed by atoms with Crippen molar-refractivity contribution < 1.29 is 9.52 Å². The van der Waals surface area contributed by atoms with Gasteiger partial charge < -0.3 is 9.52 Å². The van der Waals surface area contributed by atoms with Crippen LogP contribution >= 0.6 is 11.3 Å². The van der Waals surface area contributed by atoms with E-state index in [1.54, 1.807) is 17.6 Å². The lowest BCUT2D eigenvalue weighted by atomic mass is 10.1. The highest BCUT2D eigenvalue weighted by atomic mass is 32.1. The van der Waals surface area contributed by atoms with Gasteiger partial charge in [-0.15, -0.1) is 0 Å². The SMILES string of the molecule is CC(NC(CO)c1ccco1)c1ccsc1. The number of hydrogen-bond donors (Lipinski definition) is 2. The van der Waals surface area contributed by atoms with E-state index in [4.69, 9.17) is 4.42 Å². The van der Waals surface area contributed by atoms with Crippen molar-refractivity contribution in [2.24, 2.45) is 0 Å². The van der Waals surface area contributed by atoms with Gasteiger partial charge in [0.25, 0.3) is 0 Å². The highest BCUT2D eigenvalue weighted by Crippen LogP contribution is 2.21. The van der Waals surface area contributed by atoms with Gasteiger partial charge in [0.2, 0.25) is 0 Å². The third kappa shape index (κ3) is 2.52. The molecule has 0 aliphatic carbocycles. The third-order valence-corrected chi connectivity index (χ3v) is 3.27. The number of furan rings is 1. The van der Waals surface area contributed by atoms with E-state index in [0.29, 0.717) is 0 Å². The van der Waals surface area contributed by atoms with Crippen LogP contribution < -0.4 is 5.32 Å². The van der Waals surface area contributed by atoms with Crippen molar-refractivity contribution in [1.82, 2.24) is 5.32 Å². The predicted molar refractivity (Wildman–Crippen MR) is 64.4 cm³/mol. The van der Waals surface area contributed by atoms with Gasteiger partial charge in [0, 0.05) is 6.04 Å². The molecule has 3 nitrogen and oxygen atoms in total. The van der Waals surface area contributed by atoms with Crippen molar-refractivity contribution in [1.29, 1.82) is 0 Å². The first kappa shape index (κ1) is 11.4. The summed E-state index contributed by atoms with van der Waals surface area (Å²) in [4.78, 5) is 0. The molecular formula is C12H15NO2S. The largest absolute Gasteiger partial charge is 0.468 e. The Balaban J connectivity index is 2.02. The summed E-state index contributed by atoms with van der Waals surface area (Å²) in [6, 6.07) is 5.83. The number of aliphatic hydroxyl groups is 1. The Labute approximate surface area is 98.7 Å². The van der Waals surface area contributed by atoms with Crippen LogP contribution in [0.3, 0.4) is 0 Å². The molecule has 0 radical (unpaired) electrons. The Kier molecular flexibility index (Phi) is 3.77. The standard InChI is InChI=1S/C12H15NO2S/c1-9(10-4-6-16-8-10)13-11(7-14)12-3-2-5-15-12/h2-6,8-9,11,13-14H,7H2,1H3. The summed E-state index contributed by atoms with van der Waals surface area (Å²) in [5, 5.41) is 16.8. The molecule has 0 saturated carbocycles. The Hall–Kier alpha value is -1.10. The lowest BCUT2D eigenvalue weighted by molar-refractivity contribution is 0.217. The van der Waals surface area contributed by atoms with Crippen molar-refractivity contribution in [3.63, 3.8) is 0 Å². The van der Waals surface area contributed by atoms with Gasteiger partial charge in [0.05, 0.1) is 18.9 Å². The van der Waals surface area contributed by atoms with Gasteiger partial charge in [-0.3, -0.25) is 5.32 Å². The number of aliphatic hydroxyl groups excluding tert-OH is 1. The van der Waals surface area contributed by atoms with Crippen molar-refractivity contribution in [2.45, 2.75) is 19.0 Å². The number of nitrogens with one attached hydrogen (secondary N) is 1. The normalized spacial score (nSPS) is 14.9. The van der Waals surface area contributed by atoms with Crippen molar-refractivity contribution >= 4 is 11.3 Å². The summed E-state index contributed by atoms with van der Waals surface area (Å²) >= 11 is 1.67. The van der Waals surface area contributed by atoms with Gasteiger partial charge >= 0.3 is 0 Å². The molecular weight excluding hydrogens is 222 g/mol. The molecule has 2 atom stereocenters.